The van der Waals surface area contributed by atoms with Crippen molar-refractivity contribution in [2.45, 2.75) is 24.7 Å². The Labute approximate surface area is 117 Å². The van der Waals surface area contributed by atoms with E-state index in [1.54, 1.807) is 0 Å². The van der Waals surface area contributed by atoms with Gasteiger partial charge in [0.1, 0.15) is 17.8 Å². The van der Waals surface area contributed by atoms with Crippen LogP contribution in [0, 0.1) is 0 Å². The molecule has 1 aliphatic heterocycles. The van der Waals surface area contributed by atoms with E-state index in [9.17, 15) is 22.8 Å². The summed E-state index contributed by atoms with van der Waals surface area (Å²) in [7, 11) is 0. The molecule has 3 N–H and O–H groups in total. The molecule has 0 spiro atoms. The number of carboxylic acid groups (broad SMARTS) is 1. The number of aromatic nitrogens is 1. The number of amides is 1. The number of hydrogen-bond donors (Lipinski definition) is 2. The largest absolute Gasteiger partial charge is 0.480 e. The average molecular weight is 305 g/mol. The first-order chi connectivity index (χ1) is 9.62. The van der Waals surface area contributed by atoms with Gasteiger partial charge in [-0.15, -0.1) is 0 Å². The Morgan fingerprint density at radius 3 is 2.62 bits per heavy atom. The first-order valence-corrected chi connectivity index (χ1v) is 6.16. The Morgan fingerprint density at radius 2 is 2.10 bits per heavy atom. The van der Waals surface area contributed by atoms with Crippen molar-refractivity contribution < 1.29 is 27.9 Å². The number of carbonyl (C=O) groups is 2. The standard InChI is InChI=1S/C12H14F3N3O3/c13-12(14,15)7-17-4-1-2-8(17)9(19)18-5-3-11(16,6-18)10(20)21/h1-2,4H,3,5-7,16H2,(H,20,21). The molecule has 1 aliphatic rings. The second-order valence-electron chi connectivity index (χ2n) is 5.07. The number of carbonyl (C=O) groups excluding carboxylic acids is 1. The van der Waals surface area contributed by atoms with Crippen molar-refractivity contribution in [1.82, 2.24) is 9.47 Å². The number of carboxylic acids is 1. The molecule has 9 heteroatoms. The zero-order valence-corrected chi connectivity index (χ0v) is 10.9. The summed E-state index contributed by atoms with van der Waals surface area (Å²) >= 11 is 0. The van der Waals surface area contributed by atoms with Crippen LogP contribution in [0.1, 0.15) is 16.9 Å². The zero-order valence-electron chi connectivity index (χ0n) is 10.9. The van der Waals surface area contributed by atoms with Crippen LogP contribution < -0.4 is 5.73 Å². The lowest BCUT2D eigenvalue weighted by molar-refractivity contribution is -0.142. The van der Waals surface area contributed by atoms with Gasteiger partial charge >= 0.3 is 12.1 Å². The molecule has 0 radical (unpaired) electrons. The van der Waals surface area contributed by atoms with E-state index < -0.39 is 30.1 Å². The summed E-state index contributed by atoms with van der Waals surface area (Å²) in [6, 6.07) is 2.60. The van der Waals surface area contributed by atoms with Gasteiger partial charge in [0.2, 0.25) is 0 Å². The number of halogens is 3. The monoisotopic (exact) mass is 305 g/mol. The second-order valence-corrected chi connectivity index (χ2v) is 5.07. The van der Waals surface area contributed by atoms with Crippen LogP contribution >= 0.6 is 0 Å². The van der Waals surface area contributed by atoms with Gasteiger partial charge in [-0.3, -0.25) is 9.59 Å². The van der Waals surface area contributed by atoms with Crippen LogP contribution in [-0.2, 0) is 11.3 Å². The minimum atomic E-state index is -4.45. The van der Waals surface area contributed by atoms with Crippen molar-refractivity contribution in [3.63, 3.8) is 0 Å². The summed E-state index contributed by atoms with van der Waals surface area (Å²) in [5.41, 5.74) is 3.96. The quantitative estimate of drug-likeness (QED) is 0.859. The minimum Gasteiger partial charge on any atom is -0.480 e. The van der Waals surface area contributed by atoms with Crippen LogP contribution in [0.2, 0.25) is 0 Å². The van der Waals surface area contributed by atoms with Crippen LogP contribution in [0.15, 0.2) is 18.3 Å². The van der Waals surface area contributed by atoms with Crippen molar-refractivity contribution in [1.29, 1.82) is 0 Å². The summed E-state index contributed by atoms with van der Waals surface area (Å²) < 4.78 is 38.1. The molecule has 1 aromatic heterocycles. The van der Waals surface area contributed by atoms with E-state index in [1.165, 1.54) is 12.1 Å². The van der Waals surface area contributed by atoms with E-state index in [0.717, 1.165) is 15.7 Å². The van der Waals surface area contributed by atoms with Gasteiger partial charge in [-0.05, 0) is 18.6 Å². The first kappa shape index (κ1) is 15.4. The molecule has 1 unspecified atom stereocenters. The van der Waals surface area contributed by atoms with Crippen LogP contribution in [0.5, 0.6) is 0 Å². The molecule has 1 saturated heterocycles. The lowest BCUT2D eigenvalue weighted by Gasteiger charge is -2.21. The lowest BCUT2D eigenvalue weighted by atomic mass is 10.0. The number of likely N-dealkylation sites (tertiary alicyclic amines) is 1. The molecule has 6 nitrogen and oxygen atoms in total. The highest BCUT2D eigenvalue weighted by molar-refractivity contribution is 5.94. The van der Waals surface area contributed by atoms with Crippen molar-refractivity contribution in [2.75, 3.05) is 13.1 Å². The predicted octanol–water partition coefficient (Wildman–Crippen LogP) is 0.678. The topological polar surface area (TPSA) is 88.6 Å². The fourth-order valence-electron chi connectivity index (χ4n) is 2.28. The molecule has 2 heterocycles. The molecule has 1 atom stereocenters. The number of hydrogen-bond acceptors (Lipinski definition) is 3. The maximum absolute atomic E-state index is 12.4. The van der Waals surface area contributed by atoms with Gasteiger partial charge < -0.3 is 20.3 Å². The number of aliphatic carboxylic acids is 1. The normalized spacial score (nSPS) is 22.6. The molecule has 21 heavy (non-hydrogen) atoms. The number of nitrogens with two attached hydrogens (primary N) is 1. The van der Waals surface area contributed by atoms with Gasteiger partial charge in [-0.25, -0.2) is 0 Å². The van der Waals surface area contributed by atoms with Gasteiger partial charge in [-0.1, -0.05) is 0 Å². The van der Waals surface area contributed by atoms with Gasteiger partial charge in [0, 0.05) is 19.3 Å². The Kier molecular flexibility index (Phi) is 3.70. The molecule has 1 amide bonds. The van der Waals surface area contributed by atoms with Gasteiger partial charge in [0.05, 0.1) is 0 Å². The van der Waals surface area contributed by atoms with Gasteiger partial charge in [-0.2, -0.15) is 13.2 Å². The van der Waals surface area contributed by atoms with E-state index in [2.05, 4.69) is 0 Å². The minimum absolute atomic E-state index is 0.0635. The Bertz CT molecular complexity index is 570. The van der Waals surface area contributed by atoms with Gasteiger partial charge in [0.15, 0.2) is 0 Å². The molecule has 1 fully saturated rings. The molecule has 0 saturated carbocycles. The summed E-state index contributed by atoms with van der Waals surface area (Å²) in [6.45, 7) is -1.40. The van der Waals surface area contributed by atoms with Crippen LogP contribution in [-0.4, -0.2) is 51.3 Å². The van der Waals surface area contributed by atoms with Crippen LogP contribution in [0.4, 0.5) is 13.2 Å². The number of rotatable bonds is 3. The fourth-order valence-corrected chi connectivity index (χ4v) is 2.28. The van der Waals surface area contributed by atoms with Crippen molar-refractivity contribution in [3.05, 3.63) is 24.0 Å². The average Bonchev–Trinajstić information content (AvgIpc) is 2.94. The van der Waals surface area contributed by atoms with Crippen LogP contribution in [0.3, 0.4) is 0 Å². The molecule has 116 valence electrons. The van der Waals surface area contributed by atoms with E-state index >= 15 is 0 Å². The second kappa shape index (κ2) is 5.06. The van der Waals surface area contributed by atoms with E-state index in [0.29, 0.717) is 0 Å². The number of nitrogens with zero attached hydrogens (tertiary/aromatic N) is 2. The maximum Gasteiger partial charge on any atom is 0.406 e. The van der Waals surface area contributed by atoms with Crippen molar-refractivity contribution in [2.24, 2.45) is 5.73 Å². The third-order valence-electron chi connectivity index (χ3n) is 3.41. The zero-order chi connectivity index (χ0) is 15.8. The molecular formula is C12H14F3N3O3. The summed E-state index contributed by atoms with van der Waals surface area (Å²) in [6.07, 6.45) is -3.23. The predicted molar refractivity (Wildman–Crippen MR) is 65.6 cm³/mol. The number of alkyl halides is 3. The van der Waals surface area contributed by atoms with Crippen molar-refractivity contribution >= 4 is 11.9 Å². The smallest absolute Gasteiger partial charge is 0.406 e. The highest BCUT2D eigenvalue weighted by atomic mass is 19.4. The molecule has 2 rings (SSSR count). The first-order valence-electron chi connectivity index (χ1n) is 6.16. The highest BCUT2D eigenvalue weighted by Crippen LogP contribution is 2.23. The third kappa shape index (κ3) is 3.18. The fraction of sp³-hybridized carbons (Fsp3) is 0.500. The van der Waals surface area contributed by atoms with Crippen LogP contribution in [0.25, 0.3) is 0 Å². The lowest BCUT2D eigenvalue weighted by Crippen LogP contribution is -2.50. The molecule has 0 aromatic carbocycles. The third-order valence-corrected chi connectivity index (χ3v) is 3.41. The van der Waals surface area contributed by atoms with E-state index in [1.807, 2.05) is 0 Å². The molecular weight excluding hydrogens is 291 g/mol. The summed E-state index contributed by atoms with van der Waals surface area (Å²) in [5.74, 6) is -1.89. The molecule has 1 aromatic rings. The Balaban J connectivity index is 2.16. The molecule has 0 aliphatic carbocycles. The Hall–Kier alpha value is -2.03. The van der Waals surface area contributed by atoms with Gasteiger partial charge in [0.25, 0.3) is 5.91 Å². The van der Waals surface area contributed by atoms with Crippen molar-refractivity contribution in [3.8, 4) is 0 Å². The maximum atomic E-state index is 12.4. The van der Waals surface area contributed by atoms with E-state index in [-0.39, 0.29) is 25.2 Å². The highest BCUT2D eigenvalue weighted by Gasteiger charge is 2.43. The summed E-state index contributed by atoms with van der Waals surface area (Å²) in [4.78, 5) is 24.4. The molecule has 0 bridgehead atoms. The summed E-state index contributed by atoms with van der Waals surface area (Å²) in [5, 5.41) is 8.99. The SMILES string of the molecule is NC1(C(=O)O)CCN(C(=O)c2cccn2CC(F)(F)F)C1. The Morgan fingerprint density at radius 1 is 1.43 bits per heavy atom. The van der Waals surface area contributed by atoms with E-state index in [4.69, 9.17) is 10.8 Å².